The van der Waals surface area contributed by atoms with Crippen LogP contribution in [0.15, 0.2) is 30.5 Å². The van der Waals surface area contributed by atoms with Gasteiger partial charge in [-0.2, -0.15) is 0 Å². The van der Waals surface area contributed by atoms with Crippen molar-refractivity contribution in [2.45, 2.75) is 102 Å². The van der Waals surface area contributed by atoms with E-state index in [1.54, 1.807) is 4.90 Å². The topological polar surface area (TPSA) is 61.4 Å². The van der Waals surface area contributed by atoms with E-state index in [1.807, 2.05) is 6.07 Å². The zero-order valence-corrected chi connectivity index (χ0v) is 19.7. The molecule has 5 heteroatoms. The third kappa shape index (κ3) is 4.14. The van der Waals surface area contributed by atoms with E-state index in [2.05, 4.69) is 29.3 Å². The SMILES string of the molecule is C=C1CCC(N2Cc3cc(C[C@H]4CCCC[C@@H]4NC4CCC5(CC5)C4)ccc3C2=O)C(=O)N1. The number of hydrogen-bond acceptors (Lipinski definition) is 3. The van der Waals surface area contributed by atoms with Crippen LogP contribution >= 0.6 is 0 Å². The van der Waals surface area contributed by atoms with Crippen molar-refractivity contribution in [3.05, 3.63) is 47.2 Å². The molecule has 5 aliphatic rings. The summed E-state index contributed by atoms with van der Waals surface area (Å²) in [6.07, 6.45) is 14.9. The maximum atomic E-state index is 13.0. The predicted molar refractivity (Wildman–Crippen MR) is 129 cm³/mol. The Bertz CT molecular complexity index is 981. The van der Waals surface area contributed by atoms with Gasteiger partial charge in [-0.1, -0.05) is 31.6 Å². The second-order valence-corrected chi connectivity index (χ2v) is 11.5. The monoisotopic (exact) mass is 447 g/mol. The molecule has 6 rings (SSSR count). The molecule has 1 spiro atoms. The van der Waals surface area contributed by atoms with Crippen LogP contribution in [-0.4, -0.2) is 34.8 Å². The van der Waals surface area contributed by atoms with Gasteiger partial charge in [0.2, 0.25) is 5.91 Å². The lowest BCUT2D eigenvalue weighted by Crippen LogP contribution is -2.49. The number of fused-ring (bicyclic) bond motifs is 1. The second-order valence-electron chi connectivity index (χ2n) is 11.5. The average molecular weight is 448 g/mol. The first-order valence-corrected chi connectivity index (χ1v) is 13.2. The van der Waals surface area contributed by atoms with Gasteiger partial charge in [0.25, 0.3) is 5.91 Å². The fourth-order valence-electron chi connectivity index (χ4n) is 7.09. The van der Waals surface area contributed by atoms with E-state index < -0.39 is 0 Å². The number of rotatable bonds is 5. The Morgan fingerprint density at radius 3 is 2.73 bits per heavy atom. The summed E-state index contributed by atoms with van der Waals surface area (Å²) in [5.41, 5.74) is 4.68. The molecule has 1 aromatic carbocycles. The van der Waals surface area contributed by atoms with Gasteiger partial charge in [-0.25, -0.2) is 0 Å². The first kappa shape index (κ1) is 21.4. The van der Waals surface area contributed by atoms with Crippen molar-refractivity contribution in [1.82, 2.24) is 15.5 Å². The highest BCUT2D eigenvalue weighted by molar-refractivity contribution is 6.01. The van der Waals surface area contributed by atoms with Gasteiger partial charge in [-0.3, -0.25) is 9.59 Å². The van der Waals surface area contributed by atoms with Gasteiger partial charge in [-0.05, 0) is 92.7 Å². The largest absolute Gasteiger partial charge is 0.329 e. The first-order chi connectivity index (χ1) is 16.0. The highest BCUT2D eigenvalue weighted by atomic mass is 16.2. The van der Waals surface area contributed by atoms with Gasteiger partial charge < -0.3 is 15.5 Å². The van der Waals surface area contributed by atoms with Gasteiger partial charge in [0.1, 0.15) is 6.04 Å². The molecule has 3 aliphatic carbocycles. The number of piperidine rings is 1. The predicted octanol–water partition coefficient (Wildman–Crippen LogP) is 4.46. The molecule has 4 fully saturated rings. The molecular weight excluding hydrogens is 410 g/mol. The van der Waals surface area contributed by atoms with Crippen LogP contribution in [0.5, 0.6) is 0 Å². The number of carbonyl (C=O) groups excluding carboxylic acids is 2. The third-order valence-electron chi connectivity index (χ3n) is 9.22. The zero-order valence-electron chi connectivity index (χ0n) is 19.7. The maximum Gasteiger partial charge on any atom is 0.255 e. The van der Waals surface area contributed by atoms with Gasteiger partial charge in [0.05, 0.1) is 0 Å². The Balaban J connectivity index is 1.13. The van der Waals surface area contributed by atoms with Crippen LogP contribution in [0.1, 0.15) is 92.1 Å². The number of nitrogens with zero attached hydrogens (tertiary/aromatic N) is 1. The number of hydrogen-bond donors (Lipinski definition) is 2. The van der Waals surface area contributed by atoms with E-state index in [4.69, 9.17) is 0 Å². The van der Waals surface area contributed by atoms with Crippen LogP contribution in [0, 0.1) is 11.3 Å². The molecule has 0 radical (unpaired) electrons. The van der Waals surface area contributed by atoms with Crippen molar-refractivity contribution in [1.29, 1.82) is 0 Å². The van der Waals surface area contributed by atoms with Crippen LogP contribution in [0.25, 0.3) is 0 Å². The Morgan fingerprint density at radius 1 is 1.09 bits per heavy atom. The number of benzene rings is 1. The Labute approximate surface area is 197 Å². The molecule has 2 amide bonds. The van der Waals surface area contributed by atoms with Crippen LogP contribution in [-0.2, 0) is 17.8 Å². The van der Waals surface area contributed by atoms with Crippen LogP contribution in [0.2, 0.25) is 0 Å². The van der Waals surface area contributed by atoms with Gasteiger partial charge in [0.15, 0.2) is 0 Å². The molecule has 1 aromatic rings. The maximum absolute atomic E-state index is 13.0. The summed E-state index contributed by atoms with van der Waals surface area (Å²) < 4.78 is 0. The zero-order chi connectivity index (χ0) is 22.6. The average Bonchev–Trinajstić information content (AvgIpc) is 3.32. The standard InChI is InChI=1S/C28H37N3O2/c1-18-6-9-25(26(32)29-18)31-17-21-15-19(7-8-23(21)27(31)33)14-20-4-2-3-5-24(20)30-22-10-11-28(16-22)12-13-28/h7-8,15,20,22,24-25,30H,1-6,9-14,16-17H2,(H,29,32)/t20-,22?,24+,25?/m1/s1. The highest BCUT2D eigenvalue weighted by Crippen LogP contribution is 2.57. The third-order valence-corrected chi connectivity index (χ3v) is 9.22. The first-order valence-electron chi connectivity index (χ1n) is 13.2. The summed E-state index contributed by atoms with van der Waals surface area (Å²) in [4.78, 5) is 27.3. The molecule has 1 saturated heterocycles. The molecule has 2 unspecified atom stereocenters. The Morgan fingerprint density at radius 2 is 1.94 bits per heavy atom. The minimum Gasteiger partial charge on any atom is -0.329 e. The lowest BCUT2D eigenvalue weighted by molar-refractivity contribution is -0.126. The normalized spacial score (nSPS) is 32.8. The van der Waals surface area contributed by atoms with E-state index in [0.717, 1.165) is 41.1 Å². The van der Waals surface area contributed by atoms with Gasteiger partial charge in [-0.15, -0.1) is 0 Å². The number of nitrogens with one attached hydrogen (secondary N) is 2. The van der Waals surface area contributed by atoms with Gasteiger partial charge in [0, 0.05) is 29.9 Å². The van der Waals surface area contributed by atoms with E-state index in [9.17, 15) is 9.59 Å². The summed E-state index contributed by atoms with van der Waals surface area (Å²) in [6.45, 7) is 4.40. The van der Waals surface area contributed by atoms with E-state index in [-0.39, 0.29) is 17.9 Å². The molecule has 5 nitrogen and oxygen atoms in total. The van der Waals surface area contributed by atoms with Crippen LogP contribution in [0.4, 0.5) is 0 Å². The smallest absolute Gasteiger partial charge is 0.255 e. The van der Waals surface area contributed by atoms with Crippen LogP contribution in [0.3, 0.4) is 0 Å². The quantitative estimate of drug-likeness (QED) is 0.701. The molecule has 0 bridgehead atoms. The molecule has 3 saturated carbocycles. The molecule has 33 heavy (non-hydrogen) atoms. The van der Waals surface area contributed by atoms with Crippen molar-refractivity contribution >= 4 is 11.8 Å². The van der Waals surface area contributed by atoms with Crippen molar-refractivity contribution in [2.75, 3.05) is 0 Å². The summed E-state index contributed by atoms with van der Waals surface area (Å²) in [5, 5.41) is 6.92. The lowest BCUT2D eigenvalue weighted by Gasteiger charge is -2.35. The number of amides is 2. The molecule has 0 aromatic heterocycles. The molecule has 2 N–H and O–H groups in total. The van der Waals surface area contributed by atoms with Crippen molar-refractivity contribution in [2.24, 2.45) is 11.3 Å². The molecule has 2 aliphatic heterocycles. The van der Waals surface area contributed by atoms with Crippen molar-refractivity contribution in [3.8, 4) is 0 Å². The number of carbonyl (C=O) groups is 2. The molecule has 4 atom stereocenters. The second kappa shape index (κ2) is 8.26. The fraction of sp³-hybridized carbons (Fsp3) is 0.643. The molecular formula is C28H37N3O2. The van der Waals surface area contributed by atoms with E-state index in [0.29, 0.717) is 24.9 Å². The molecule has 176 valence electrons. The fourth-order valence-corrected chi connectivity index (χ4v) is 7.09. The van der Waals surface area contributed by atoms with Crippen molar-refractivity contribution < 1.29 is 9.59 Å². The summed E-state index contributed by atoms with van der Waals surface area (Å²) in [6, 6.07) is 7.37. The minimum atomic E-state index is -0.382. The summed E-state index contributed by atoms with van der Waals surface area (Å²) in [5.74, 6) is 0.580. The van der Waals surface area contributed by atoms with E-state index in [1.165, 1.54) is 63.4 Å². The minimum absolute atomic E-state index is 0.00309. The number of allylic oxidation sites excluding steroid dienone is 1. The Hall–Kier alpha value is -2.14. The highest BCUT2D eigenvalue weighted by Gasteiger charge is 2.48. The molecule has 2 heterocycles. The van der Waals surface area contributed by atoms with Crippen molar-refractivity contribution in [3.63, 3.8) is 0 Å². The summed E-state index contributed by atoms with van der Waals surface area (Å²) >= 11 is 0. The van der Waals surface area contributed by atoms with Crippen LogP contribution < -0.4 is 10.6 Å². The van der Waals surface area contributed by atoms with Gasteiger partial charge >= 0.3 is 0 Å². The lowest BCUT2D eigenvalue weighted by atomic mass is 9.80. The summed E-state index contributed by atoms with van der Waals surface area (Å²) in [7, 11) is 0. The Kier molecular flexibility index (Phi) is 5.36. The van der Waals surface area contributed by atoms with E-state index >= 15 is 0 Å².